The van der Waals surface area contributed by atoms with E-state index < -0.39 is 0 Å². The molecule has 4 aromatic rings. The maximum absolute atomic E-state index is 14.3. The lowest BCUT2D eigenvalue weighted by Gasteiger charge is -2.25. The van der Waals surface area contributed by atoms with Crippen molar-refractivity contribution in [3.8, 4) is 45.9 Å². The molecular formula is C53H64F2. The van der Waals surface area contributed by atoms with Crippen LogP contribution in [-0.2, 0) is 12.8 Å². The van der Waals surface area contributed by atoms with Crippen LogP contribution >= 0.6 is 0 Å². The molecule has 2 aliphatic rings. The van der Waals surface area contributed by atoms with Gasteiger partial charge in [-0.15, -0.1) is 0 Å². The van der Waals surface area contributed by atoms with E-state index in [1.807, 2.05) is 24.3 Å². The largest absolute Gasteiger partial charge is 0.207 e. The van der Waals surface area contributed by atoms with E-state index in [9.17, 15) is 8.78 Å². The normalized spacial score (nSPS) is 19.2. The van der Waals surface area contributed by atoms with E-state index in [2.05, 4.69) is 99.9 Å². The van der Waals surface area contributed by atoms with Crippen LogP contribution in [0.25, 0.3) is 22.3 Å². The predicted octanol–water partition coefficient (Wildman–Crippen LogP) is 15.2. The zero-order valence-electron chi connectivity index (χ0n) is 34.2. The maximum atomic E-state index is 14.3. The molecule has 6 rings (SSSR count). The first-order valence-electron chi connectivity index (χ1n) is 21.7. The summed E-state index contributed by atoms with van der Waals surface area (Å²) in [6.45, 7) is 8.84. The summed E-state index contributed by atoms with van der Waals surface area (Å²) in [7, 11) is 0. The summed E-state index contributed by atoms with van der Waals surface area (Å²) < 4.78 is 28.6. The summed E-state index contributed by atoms with van der Waals surface area (Å²) in [5.41, 5.74) is 7.71. The Bertz CT molecular complexity index is 1860. The molecular weight excluding hydrogens is 675 g/mol. The number of aryl methyl sites for hydroxylation is 2. The summed E-state index contributed by atoms with van der Waals surface area (Å²) in [6, 6.07) is 27.7. The van der Waals surface area contributed by atoms with E-state index in [1.165, 1.54) is 70.6 Å². The monoisotopic (exact) mass is 738 g/mol. The van der Waals surface area contributed by atoms with E-state index in [4.69, 9.17) is 0 Å². The fourth-order valence-electron chi connectivity index (χ4n) is 8.18. The van der Waals surface area contributed by atoms with Gasteiger partial charge in [-0.05, 0) is 159 Å². The van der Waals surface area contributed by atoms with Gasteiger partial charge in [-0.2, -0.15) is 0 Å². The van der Waals surface area contributed by atoms with Gasteiger partial charge in [0.25, 0.3) is 0 Å². The summed E-state index contributed by atoms with van der Waals surface area (Å²) in [5, 5.41) is 0. The molecule has 0 radical (unpaired) electrons. The van der Waals surface area contributed by atoms with Gasteiger partial charge < -0.3 is 0 Å². The first-order valence-corrected chi connectivity index (χ1v) is 21.7. The highest BCUT2D eigenvalue weighted by Gasteiger charge is 2.19. The van der Waals surface area contributed by atoms with Crippen LogP contribution in [0.5, 0.6) is 0 Å². The molecule has 2 aliphatic carbocycles. The Morgan fingerprint density at radius 2 is 0.873 bits per heavy atom. The molecule has 0 amide bonds. The number of halogens is 2. The van der Waals surface area contributed by atoms with E-state index in [-0.39, 0.29) is 11.6 Å². The molecule has 0 heterocycles. The molecule has 2 heteroatoms. The fraction of sp³-hybridized carbons (Fsp3) is 0.472. The predicted molar refractivity (Wildman–Crippen MR) is 231 cm³/mol. The first kappa shape index (κ1) is 42.0. The molecule has 0 nitrogen and oxygen atoms in total. The number of benzene rings is 4. The Morgan fingerprint density at radius 3 is 1.24 bits per heavy atom. The smallest absolute Gasteiger partial charge is 0.127 e. The minimum absolute atomic E-state index is 0.0894. The van der Waals surface area contributed by atoms with Crippen molar-refractivity contribution >= 4 is 0 Å². The van der Waals surface area contributed by atoms with Crippen LogP contribution in [0.3, 0.4) is 0 Å². The van der Waals surface area contributed by atoms with E-state index in [0.717, 1.165) is 94.9 Å². The first-order chi connectivity index (χ1) is 26.9. The molecule has 0 atom stereocenters. The second-order valence-corrected chi connectivity index (χ2v) is 16.1. The van der Waals surface area contributed by atoms with Crippen LogP contribution in [-0.4, -0.2) is 0 Å². The van der Waals surface area contributed by atoms with Gasteiger partial charge in [0.2, 0.25) is 0 Å². The number of rotatable bonds is 11. The number of unbranched alkanes of at least 4 members (excludes halogenated alkanes) is 2. The van der Waals surface area contributed by atoms with Crippen LogP contribution in [0, 0.1) is 59.0 Å². The van der Waals surface area contributed by atoms with Crippen molar-refractivity contribution in [1.82, 2.24) is 0 Å². The van der Waals surface area contributed by atoms with Gasteiger partial charge in [0.15, 0.2) is 0 Å². The van der Waals surface area contributed by atoms with Crippen molar-refractivity contribution in [3.63, 3.8) is 0 Å². The third kappa shape index (κ3) is 13.2. The topological polar surface area (TPSA) is 0 Å². The molecule has 0 bridgehead atoms. The van der Waals surface area contributed by atoms with Crippen molar-refractivity contribution in [2.24, 2.45) is 23.7 Å². The Balaban J connectivity index is 0.000000211. The molecule has 0 spiro atoms. The summed E-state index contributed by atoms with van der Waals surface area (Å²) in [5.74, 6) is 16.4. The zero-order valence-corrected chi connectivity index (χ0v) is 34.2. The van der Waals surface area contributed by atoms with Gasteiger partial charge in [0, 0.05) is 23.0 Å². The molecule has 2 fully saturated rings. The minimum Gasteiger partial charge on any atom is -0.207 e. The highest BCUT2D eigenvalue weighted by molar-refractivity contribution is 5.66. The van der Waals surface area contributed by atoms with Crippen LogP contribution in [0.2, 0.25) is 0 Å². The Kier molecular flexibility index (Phi) is 17.1. The second-order valence-electron chi connectivity index (χ2n) is 16.1. The van der Waals surface area contributed by atoms with E-state index in [1.54, 1.807) is 12.1 Å². The third-order valence-corrected chi connectivity index (χ3v) is 12.0. The molecule has 0 aromatic heterocycles. The van der Waals surface area contributed by atoms with Gasteiger partial charge >= 0.3 is 0 Å². The van der Waals surface area contributed by atoms with Crippen LogP contribution in [0.15, 0.2) is 84.9 Å². The molecule has 290 valence electrons. The molecule has 2 saturated carbocycles. The van der Waals surface area contributed by atoms with Gasteiger partial charge in [0.05, 0.1) is 0 Å². The molecule has 4 aromatic carbocycles. The van der Waals surface area contributed by atoms with Crippen molar-refractivity contribution < 1.29 is 8.78 Å². The van der Waals surface area contributed by atoms with Crippen LogP contribution < -0.4 is 0 Å². The standard InChI is InChI=1S/C27H33F.C26H31F/c1-3-5-7-25-18-19-26(20-27(25)28)24-16-14-23(15-17-24)13-12-22-10-8-21(6-4-2)9-11-22;1-3-5-6-24-17-18-25(19-26(24)27)23-15-13-22(14-16-23)12-11-21-9-7-20(4-2)8-10-21/h14-22H,3-11H2,1-2H3;13-21H,3-10H2,1-2H3. The second kappa shape index (κ2) is 22.4. The van der Waals surface area contributed by atoms with Gasteiger partial charge in [-0.3, -0.25) is 0 Å². The van der Waals surface area contributed by atoms with Gasteiger partial charge in [0.1, 0.15) is 11.6 Å². The Morgan fingerprint density at radius 1 is 0.473 bits per heavy atom. The quantitative estimate of drug-likeness (QED) is 0.134. The summed E-state index contributed by atoms with van der Waals surface area (Å²) in [6.07, 6.45) is 20.2. The van der Waals surface area contributed by atoms with Crippen molar-refractivity contribution in [2.45, 2.75) is 137 Å². The van der Waals surface area contributed by atoms with Crippen LogP contribution in [0.1, 0.15) is 146 Å². The van der Waals surface area contributed by atoms with Crippen molar-refractivity contribution in [1.29, 1.82) is 0 Å². The van der Waals surface area contributed by atoms with Crippen molar-refractivity contribution in [3.05, 3.63) is 119 Å². The molecule has 0 N–H and O–H groups in total. The zero-order chi connectivity index (χ0) is 38.8. The lowest BCUT2D eigenvalue weighted by Crippen LogP contribution is -2.13. The molecule has 0 aliphatic heterocycles. The Labute approximate surface area is 333 Å². The highest BCUT2D eigenvalue weighted by Crippen LogP contribution is 2.32. The average molecular weight is 739 g/mol. The number of hydrogen-bond donors (Lipinski definition) is 0. The molecule has 55 heavy (non-hydrogen) atoms. The SMILES string of the molecule is CCCCc1ccc(-c2ccc(C#CC3CCC(CC)CC3)cc2)cc1F.CCCCc1ccc(-c2ccc(C#CC3CCC(CCC)CC3)cc2)cc1F. The van der Waals surface area contributed by atoms with Crippen LogP contribution in [0.4, 0.5) is 8.78 Å². The molecule has 0 saturated heterocycles. The van der Waals surface area contributed by atoms with Gasteiger partial charge in [-0.25, -0.2) is 8.78 Å². The lowest BCUT2D eigenvalue weighted by molar-refractivity contribution is 0.300. The lowest BCUT2D eigenvalue weighted by atomic mass is 9.80. The fourth-order valence-corrected chi connectivity index (χ4v) is 8.18. The summed E-state index contributed by atoms with van der Waals surface area (Å²) >= 11 is 0. The maximum Gasteiger partial charge on any atom is 0.127 e. The minimum atomic E-state index is -0.0903. The van der Waals surface area contributed by atoms with Crippen molar-refractivity contribution in [2.75, 3.05) is 0 Å². The molecule has 0 unspecified atom stereocenters. The van der Waals surface area contributed by atoms with E-state index >= 15 is 0 Å². The average Bonchev–Trinajstić information content (AvgIpc) is 3.22. The third-order valence-electron chi connectivity index (χ3n) is 12.0. The Hall–Kier alpha value is -4.14. The summed E-state index contributed by atoms with van der Waals surface area (Å²) in [4.78, 5) is 0. The number of hydrogen-bond acceptors (Lipinski definition) is 0. The van der Waals surface area contributed by atoms with E-state index in [0.29, 0.717) is 11.8 Å². The van der Waals surface area contributed by atoms with Gasteiger partial charge in [-0.1, -0.05) is 132 Å². The highest BCUT2D eigenvalue weighted by atomic mass is 19.1.